The third kappa shape index (κ3) is 2.47. The molecule has 0 spiro atoms. The molecule has 5 heteroatoms. The summed E-state index contributed by atoms with van der Waals surface area (Å²) in [6.45, 7) is 2.03. The van der Waals surface area contributed by atoms with E-state index in [1.165, 1.54) is 12.1 Å². The first-order chi connectivity index (χ1) is 10.1. The van der Waals surface area contributed by atoms with Crippen LogP contribution in [0.15, 0.2) is 36.4 Å². The summed E-state index contributed by atoms with van der Waals surface area (Å²) in [6, 6.07) is 9.53. The lowest BCUT2D eigenvalue weighted by atomic mass is 10.1. The van der Waals surface area contributed by atoms with Gasteiger partial charge in [-0.15, -0.1) is 0 Å². The monoisotopic (exact) mass is 304 g/mol. The van der Waals surface area contributed by atoms with E-state index >= 15 is 0 Å². The van der Waals surface area contributed by atoms with Crippen LogP contribution in [0.4, 0.5) is 8.78 Å². The van der Waals surface area contributed by atoms with Gasteiger partial charge in [0.1, 0.15) is 5.15 Å². The fourth-order valence-electron chi connectivity index (χ4n) is 2.16. The predicted octanol–water partition coefficient (Wildman–Crippen LogP) is 4.79. The van der Waals surface area contributed by atoms with Gasteiger partial charge in [-0.1, -0.05) is 30.7 Å². The lowest BCUT2D eigenvalue weighted by Gasteiger charge is -2.07. The van der Waals surface area contributed by atoms with Gasteiger partial charge in [-0.05, 0) is 36.2 Å². The Morgan fingerprint density at radius 3 is 2.67 bits per heavy atom. The molecule has 21 heavy (non-hydrogen) atoms. The van der Waals surface area contributed by atoms with Crippen LogP contribution in [0.1, 0.15) is 12.5 Å². The summed E-state index contributed by atoms with van der Waals surface area (Å²) in [7, 11) is 0. The van der Waals surface area contributed by atoms with Crippen molar-refractivity contribution in [3.8, 4) is 11.4 Å². The smallest absolute Gasteiger partial charge is 0.169 e. The molecule has 0 bridgehead atoms. The van der Waals surface area contributed by atoms with Gasteiger partial charge in [-0.3, -0.25) is 0 Å². The third-order valence-electron chi connectivity index (χ3n) is 3.31. The van der Waals surface area contributed by atoms with Gasteiger partial charge in [0.25, 0.3) is 0 Å². The highest BCUT2D eigenvalue weighted by Crippen LogP contribution is 2.27. The standard InChI is InChI=1S/C16H11ClF2N2/c1-2-9-6-7-13-11(8-9)15(17)21-16(20-13)10-4-3-5-12(18)14(10)19/h3-8H,2H2,1H3. The van der Waals surface area contributed by atoms with E-state index in [-0.39, 0.29) is 16.5 Å². The number of nitrogens with zero attached hydrogens (tertiary/aromatic N) is 2. The molecule has 0 N–H and O–H groups in total. The molecule has 2 nitrogen and oxygen atoms in total. The van der Waals surface area contributed by atoms with Crippen LogP contribution >= 0.6 is 11.6 Å². The molecule has 2 aromatic carbocycles. The van der Waals surface area contributed by atoms with Crippen LogP contribution < -0.4 is 0 Å². The fourth-order valence-corrected chi connectivity index (χ4v) is 2.39. The van der Waals surface area contributed by atoms with Crippen LogP contribution in [-0.2, 0) is 6.42 Å². The topological polar surface area (TPSA) is 25.8 Å². The Morgan fingerprint density at radius 2 is 1.90 bits per heavy atom. The molecule has 0 aliphatic rings. The highest BCUT2D eigenvalue weighted by atomic mass is 35.5. The maximum atomic E-state index is 13.8. The van der Waals surface area contributed by atoms with Gasteiger partial charge in [0.05, 0.1) is 11.1 Å². The summed E-state index contributed by atoms with van der Waals surface area (Å²) in [6.07, 6.45) is 0.868. The zero-order valence-corrected chi connectivity index (χ0v) is 12.0. The normalized spacial score (nSPS) is 11.0. The van der Waals surface area contributed by atoms with Gasteiger partial charge in [0.2, 0.25) is 0 Å². The Hall–Kier alpha value is -2.07. The maximum absolute atomic E-state index is 13.8. The van der Waals surface area contributed by atoms with Crippen LogP contribution in [0.2, 0.25) is 5.15 Å². The minimum Gasteiger partial charge on any atom is -0.228 e. The molecular weight excluding hydrogens is 294 g/mol. The second-order valence-corrected chi connectivity index (χ2v) is 5.00. The molecule has 0 saturated heterocycles. The highest BCUT2D eigenvalue weighted by Gasteiger charge is 2.14. The number of hydrogen-bond acceptors (Lipinski definition) is 2. The Labute approximate surface area is 125 Å². The molecule has 0 amide bonds. The molecule has 3 aromatic rings. The number of hydrogen-bond donors (Lipinski definition) is 0. The summed E-state index contributed by atoms with van der Waals surface area (Å²) in [5, 5.41) is 0.936. The molecule has 0 atom stereocenters. The van der Waals surface area contributed by atoms with E-state index < -0.39 is 11.6 Å². The molecule has 0 fully saturated rings. The molecule has 1 heterocycles. The van der Waals surface area contributed by atoms with E-state index in [2.05, 4.69) is 9.97 Å². The average Bonchev–Trinajstić information content (AvgIpc) is 2.49. The van der Waals surface area contributed by atoms with Crippen molar-refractivity contribution >= 4 is 22.5 Å². The first-order valence-electron chi connectivity index (χ1n) is 6.50. The van der Waals surface area contributed by atoms with Crippen molar-refractivity contribution in [2.45, 2.75) is 13.3 Å². The van der Waals surface area contributed by atoms with E-state index in [9.17, 15) is 8.78 Å². The number of halogens is 3. The van der Waals surface area contributed by atoms with Gasteiger partial charge in [-0.2, -0.15) is 0 Å². The van der Waals surface area contributed by atoms with E-state index in [4.69, 9.17) is 11.6 Å². The Kier molecular flexibility index (Phi) is 3.55. The molecule has 1 aromatic heterocycles. The van der Waals surface area contributed by atoms with E-state index in [1.807, 2.05) is 25.1 Å². The summed E-state index contributed by atoms with van der Waals surface area (Å²) < 4.78 is 27.2. The first kappa shape index (κ1) is 13.9. The summed E-state index contributed by atoms with van der Waals surface area (Å²) >= 11 is 6.17. The van der Waals surface area contributed by atoms with Gasteiger partial charge in [0, 0.05) is 5.39 Å². The molecule has 0 aliphatic heterocycles. The molecule has 0 radical (unpaired) electrons. The SMILES string of the molecule is CCc1ccc2nc(-c3cccc(F)c3F)nc(Cl)c2c1. The van der Waals surface area contributed by atoms with Crippen LogP contribution in [0.5, 0.6) is 0 Å². The van der Waals surface area contributed by atoms with Crippen molar-refractivity contribution < 1.29 is 8.78 Å². The van der Waals surface area contributed by atoms with E-state index in [1.54, 1.807) is 0 Å². The molecule has 106 valence electrons. The van der Waals surface area contributed by atoms with Gasteiger partial charge < -0.3 is 0 Å². The maximum Gasteiger partial charge on any atom is 0.169 e. The summed E-state index contributed by atoms with van der Waals surface area (Å²) in [4.78, 5) is 8.38. The first-order valence-corrected chi connectivity index (χ1v) is 6.88. The molecule has 3 rings (SSSR count). The molecule has 0 unspecified atom stereocenters. The Balaban J connectivity index is 2.23. The Bertz CT molecular complexity index is 834. The van der Waals surface area contributed by atoms with Crippen LogP contribution in [-0.4, -0.2) is 9.97 Å². The van der Waals surface area contributed by atoms with Gasteiger partial charge >= 0.3 is 0 Å². The highest BCUT2D eigenvalue weighted by molar-refractivity contribution is 6.34. The van der Waals surface area contributed by atoms with Crippen molar-refractivity contribution in [3.05, 3.63) is 58.7 Å². The van der Waals surface area contributed by atoms with Crippen LogP contribution in [0, 0.1) is 11.6 Å². The minimum absolute atomic E-state index is 0.00151. The van der Waals surface area contributed by atoms with Crippen molar-refractivity contribution in [1.29, 1.82) is 0 Å². The van der Waals surface area contributed by atoms with Crippen LogP contribution in [0.3, 0.4) is 0 Å². The lowest BCUT2D eigenvalue weighted by Crippen LogP contribution is -1.96. The summed E-state index contributed by atoms with van der Waals surface area (Å²) in [5.74, 6) is -1.83. The van der Waals surface area contributed by atoms with Gasteiger partial charge in [0.15, 0.2) is 17.5 Å². The number of benzene rings is 2. The zero-order valence-electron chi connectivity index (χ0n) is 11.2. The van der Waals surface area contributed by atoms with Crippen molar-refractivity contribution in [2.75, 3.05) is 0 Å². The predicted molar refractivity (Wildman–Crippen MR) is 79.3 cm³/mol. The number of aromatic nitrogens is 2. The van der Waals surface area contributed by atoms with Crippen molar-refractivity contribution in [1.82, 2.24) is 9.97 Å². The molecule has 0 saturated carbocycles. The number of fused-ring (bicyclic) bond motifs is 1. The van der Waals surface area contributed by atoms with E-state index in [0.29, 0.717) is 10.9 Å². The summed E-state index contributed by atoms with van der Waals surface area (Å²) in [5.41, 5.74) is 1.71. The largest absolute Gasteiger partial charge is 0.228 e. The van der Waals surface area contributed by atoms with Crippen LogP contribution in [0.25, 0.3) is 22.3 Å². The third-order valence-corrected chi connectivity index (χ3v) is 3.60. The number of rotatable bonds is 2. The Morgan fingerprint density at radius 1 is 1.10 bits per heavy atom. The average molecular weight is 305 g/mol. The van der Waals surface area contributed by atoms with Gasteiger partial charge in [-0.25, -0.2) is 18.7 Å². The fraction of sp³-hybridized carbons (Fsp3) is 0.125. The zero-order chi connectivity index (χ0) is 15.0. The van der Waals surface area contributed by atoms with Crippen molar-refractivity contribution in [3.63, 3.8) is 0 Å². The lowest BCUT2D eigenvalue weighted by molar-refractivity contribution is 0.510. The molecule has 0 aliphatic carbocycles. The second kappa shape index (κ2) is 5.37. The minimum atomic E-state index is -0.974. The second-order valence-electron chi connectivity index (χ2n) is 4.64. The quantitative estimate of drug-likeness (QED) is 0.636. The van der Waals surface area contributed by atoms with E-state index in [0.717, 1.165) is 18.1 Å². The van der Waals surface area contributed by atoms with Crippen molar-refractivity contribution in [2.24, 2.45) is 0 Å². The number of aryl methyl sites for hydroxylation is 1. The molecular formula is C16H11ClF2N2.